The monoisotopic (exact) mass is 279 g/mol. The molecule has 0 heterocycles. The quantitative estimate of drug-likeness (QED) is 0.265. The second kappa shape index (κ2) is 6.93. The lowest BCUT2D eigenvalue weighted by molar-refractivity contribution is 0.104. The summed E-state index contributed by atoms with van der Waals surface area (Å²) in [5.41, 5.74) is 10.2. The Morgan fingerprint density at radius 1 is 1.24 bits per heavy atom. The standard InChI is InChI=1S/C16H13N3O2/c1-21-16-11-14(18-19-17)9-7-13(16)8-10-15(20)12-5-3-2-4-6-12/h2-11H,1H3/b10-8+. The van der Waals surface area contributed by atoms with Crippen molar-refractivity contribution in [1.82, 2.24) is 0 Å². The number of azide groups is 1. The number of ether oxygens (including phenoxy) is 1. The Bertz CT molecular complexity index is 718. The van der Waals surface area contributed by atoms with Crippen LogP contribution in [0.2, 0.25) is 0 Å². The van der Waals surface area contributed by atoms with Crippen molar-refractivity contribution >= 4 is 17.5 Å². The number of hydrogen-bond acceptors (Lipinski definition) is 3. The van der Waals surface area contributed by atoms with E-state index in [1.165, 1.54) is 13.2 Å². The van der Waals surface area contributed by atoms with Crippen LogP contribution in [0, 0.1) is 0 Å². The molecule has 0 atom stereocenters. The third-order valence-corrected chi connectivity index (χ3v) is 2.85. The largest absolute Gasteiger partial charge is 0.496 e. The molecular weight excluding hydrogens is 266 g/mol. The van der Waals surface area contributed by atoms with Gasteiger partial charge in [-0.2, -0.15) is 0 Å². The molecule has 0 unspecified atom stereocenters. The predicted molar refractivity (Wildman–Crippen MR) is 81.6 cm³/mol. The number of carbonyl (C=O) groups is 1. The Balaban J connectivity index is 2.24. The van der Waals surface area contributed by atoms with Gasteiger partial charge in [0.05, 0.1) is 7.11 Å². The summed E-state index contributed by atoms with van der Waals surface area (Å²) in [5, 5.41) is 3.51. The summed E-state index contributed by atoms with van der Waals surface area (Å²) >= 11 is 0. The molecule has 0 bridgehead atoms. The fourth-order valence-corrected chi connectivity index (χ4v) is 1.82. The van der Waals surface area contributed by atoms with Crippen LogP contribution in [0.25, 0.3) is 16.5 Å². The maximum Gasteiger partial charge on any atom is 0.185 e. The third-order valence-electron chi connectivity index (χ3n) is 2.85. The van der Waals surface area contributed by atoms with Gasteiger partial charge in [0, 0.05) is 21.7 Å². The van der Waals surface area contributed by atoms with E-state index < -0.39 is 0 Å². The minimum absolute atomic E-state index is 0.0863. The summed E-state index contributed by atoms with van der Waals surface area (Å²) < 4.78 is 5.22. The molecule has 0 saturated carbocycles. The second-order valence-electron chi connectivity index (χ2n) is 4.18. The van der Waals surface area contributed by atoms with Crippen molar-refractivity contribution in [3.8, 4) is 5.75 Å². The van der Waals surface area contributed by atoms with Gasteiger partial charge in [-0.05, 0) is 23.7 Å². The summed E-state index contributed by atoms with van der Waals surface area (Å²) in [7, 11) is 1.52. The van der Waals surface area contributed by atoms with Crippen LogP contribution in [0.3, 0.4) is 0 Å². The maximum atomic E-state index is 12.0. The van der Waals surface area contributed by atoms with Gasteiger partial charge in [-0.3, -0.25) is 4.79 Å². The zero-order chi connectivity index (χ0) is 15.1. The van der Waals surface area contributed by atoms with Crippen molar-refractivity contribution < 1.29 is 9.53 Å². The minimum Gasteiger partial charge on any atom is -0.496 e. The highest BCUT2D eigenvalue weighted by atomic mass is 16.5. The fourth-order valence-electron chi connectivity index (χ4n) is 1.82. The Labute approximate surface area is 122 Å². The lowest BCUT2D eigenvalue weighted by Crippen LogP contribution is -1.93. The van der Waals surface area contributed by atoms with Crippen LogP contribution in [0.5, 0.6) is 5.75 Å². The molecule has 0 saturated heterocycles. The summed E-state index contributed by atoms with van der Waals surface area (Å²) in [5.74, 6) is 0.453. The first-order chi connectivity index (χ1) is 10.2. The number of rotatable bonds is 5. The van der Waals surface area contributed by atoms with Crippen LogP contribution >= 0.6 is 0 Å². The number of allylic oxidation sites excluding steroid dienone is 1. The molecular formula is C16H13N3O2. The van der Waals surface area contributed by atoms with E-state index in [9.17, 15) is 4.79 Å². The van der Waals surface area contributed by atoms with Gasteiger partial charge < -0.3 is 4.74 Å². The van der Waals surface area contributed by atoms with E-state index in [-0.39, 0.29) is 5.78 Å². The molecule has 2 rings (SSSR count). The van der Waals surface area contributed by atoms with E-state index >= 15 is 0 Å². The Morgan fingerprint density at radius 3 is 2.67 bits per heavy atom. The number of ketones is 1. The average Bonchev–Trinajstić information content (AvgIpc) is 2.54. The topological polar surface area (TPSA) is 75.1 Å². The van der Waals surface area contributed by atoms with Gasteiger partial charge in [0.15, 0.2) is 5.78 Å². The first-order valence-electron chi connectivity index (χ1n) is 6.25. The normalized spacial score (nSPS) is 10.1. The van der Waals surface area contributed by atoms with E-state index in [0.717, 1.165) is 5.56 Å². The number of hydrogen-bond donors (Lipinski definition) is 0. The minimum atomic E-state index is -0.0863. The van der Waals surface area contributed by atoms with Crippen molar-refractivity contribution in [2.24, 2.45) is 5.11 Å². The number of methoxy groups -OCH3 is 1. The average molecular weight is 279 g/mol. The SMILES string of the molecule is COc1cc(N=[N+]=[N-])ccc1/C=C/C(=O)c1ccccc1. The molecule has 0 aromatic heterocycles. The van der Waals surface area contributed by atoms with Crippen LogP contribution < -0.4 is 4.74 Å². The van der Waals surface area contributed by atoms with Crippen molar-refractivity contribution in [3.05, 3.63) is 76.2 Å². The van der Waals surface area contributed by atoms with Crippen molar-refractivity contribution in [1.29, 1.82) is 0 Å². The highest BCUT2D eigenvalue weighted by molar-refractivity contribution is 6.06. The second-order valence-corrected chi connectivity index (χ2v) is 4.18. The highest BCUT2D eigenvalue weighted by Gasteiger charge is 2.03. The molecule has 0 N–H and O–H groups in total. The molecule has 0 amide bonds. The van der Waals surface area contributed by atoms with Crippen molar-refractivity contribution in [3.63, 3.8) is 0 Å². The lowest BCUT2D eigenvalue weighted by Gasteiger charge is -2.05. The van der Waals surface area contributed by atoms with E-state index in [1.54, 1.807) is 36.4 Å². The number of benzene rings is 2. The number of nitrogens with zero attached hydrogens (tertiary/aromatic N) is 3. The molecule has 2 aromatic carbocycles. The fraction of sp³-hybridized carbons (Fsp3) is 0.0625. The first-order valence-corrected chi connectivity index (χ1v) is 6.25. The maximum absolute atomic E-state index is 12.0. The molecule has 5 nitrogen and oxygen atoms in total. The molecule has 0 spiro atoms. The molecule has 104 valence electrons. The van der Waals surface area contributed by atoms with Gasteiger partial charge in [0.1, 0.15) is 5.75 Å². The van der Waals surface area contributed by atoms with Crippen LogP contribution in [0.1, 0.15) is 15.9 Å². The first kappa shape index (κ1) is 14.4. The molecule has 0 aliphatic heterocycles. The third kappa shape index (κ3) is 3.72. The van der Waals surface area contributed by atoms with Gasteiger partial charge in [-0.1, -0.05) is 47.6 Å². The molecule has 0 aliphatic carbocycles. The molecule has 0 radical (unpaired) electrons. The van der Waals surface area contributed by atoms with Gasteiger partial charge in [-0.25, -0.2) is 0 Å². The molecule has 5 heteroatoms. The zero-order valence-corrected chi connectivity index (χ0v) is 11.4. The van der Waals surface area contributed by atoms with Crippen LogP contribution in [0.15, 0.2) is 59.7 Å². The predicted octanol–water partition coefficient (Wildman–Crippen LogP) is 4.53. The summed E-state index contributed by atoms with van der Waals surface area (Å²) in [4.78, 5) is 14.7. The van der Waals surface area contributed by atoms with Gasteiger partial charge >= 0.3 is 0 Å². The van der Waals surface area contributed by atoms with Crippen molar-refractivity contribution in [2.45, 2.75) is 0 Å². The Kier molecular flexibility index (Phi) is 4.75. The summed E-state index contributed by atoms with van der Waals surface area (Å²) in [6.07, 6.45) is 3.16. The van der Waals surface area contributed by atoms with E-state index in [0.29, 0.717) is 17.0 Å². The summed E-state index contributed by atoms with van der Waals surface area (Å²) in [6, 6.07) is 14.0. The molecule has 21 heavy (non-hydrogen) atoms. The van der Waals surface area contributed by atoms with Crippen LogP contribution in [-0.4, -0.2) is 12.9 Å². The number of carbonyl (C=O) groups excluding carboxylic acids is 1. The Hall–Kier alpha value is -3.04. The Morgan fingerprint density at radius 2 is 2.00 bits per heavy atom. The van der Waals surface area contributed by atoms with Crippen molar-refractivity contribution in [2.75, 3.05) is 7.11 Å². The lowest BCUT2D eigenvalue weighted by atomic mass is 10.1. The van der Waals surface area contributed by atoms with Crippen LogP contribution in [0.4, 0.5) is 5.69 Å². The van der Waals surface area contributed by atoms with E-state index in [1.807, 2.05) is 18.2 Å². The smallest absolute Gasteiger partial charge is 0.185 e. The van der Waals surface area contributed by atoms with Crippen LogP contribution in [-0.2, 0) is 0 Å². The molecule has 0 aliphatic rings. The molecule has 0 fully saturated rings. The zero-order valence-electron chi connectivity index (χ0n) is 11.4. The van der Waals surface area contributed by atoms with Gasteiger partial charge in [0.2, 0.25) is 0 Å². The van der Waals surface area contributed by atoms with E-state index in [4.69, 9.17) is 10.3 Å². The summed E-state index contributed by atoms with van der Waals surface area (Å²) in [6.45, 7) is 0. The highest BCUT2D eigenvalue weighted by Crippen LogP contribution is 2.26. The van der Waals surface area contributed by atoms with Gasteiger partial charge in [-0.15, -0.1) is 0 Å². The van der Waals surface area contributed by atoms with E-state index in [2.05, 4.69) is 10.0 Å². The van der Waals surface area contributed by atoms with Gasteiger partial charge in [0.25, 0.3) is 0 Å². The molecule has 2 aromatic rings.